The Kier molecular flexibility index (Phi) is 5.88. The molecule has 0 spiro atoms. The Morgan fingerprint density at radius 3 is 2.45 bits per heavy atom. The van der Waals surface area contributed by atoms with E-state index in [-0.39, 0.29) is 24.7 Å². The summed E-state index contributed by atoms with van der Waals surface area (Å²) in [5.74, 6) is -0.129. The van der Waals surface area contributed by atoms with Gasteiger partial charge in [0.05, 0.1) is 6.42 Å². The number of hydrogen-bond donors (Lipinski definition) is 2. The first kappa shape index (κ1) is 16.4. The van der Waals surface area contributed by atoms with Crippen molar-refractivity contribution in [3.63, 3.8) is 0 Å². The lowest BCUT2D eigenvalue weighted by Gasteiger charge is -2.25. The quantitative estimate of drug-likeness (QED) is 0.807. The van der Waals surface area contributed by atoms with E-state index in [1.54, 1.807) is 12.1 Å². The normalized spacial score (nSPS) is 11.5. The van der Waals surface area contributed by atoms with Crippen molar-refractivity contribution in [2.45, 2.75) is 38.8 Å². The van der Waals surface area contributed by atoms with E-state index in [2.05, 4.69) is 10.1 Å². The van der Waals surface area contributed by atoms with Crippen LogP contribution in [0.1, 0.15) is 25.8 Å². The molecule has 0 saturated heterocycles. The van der Waals surface area contributed by atoms with Gasteiger partial charge in [-0.15, -0.1) is 0 Å². The zero-order chi connectivity index (χ0) is 15.2. The first-order chi connectivity index (χ1) is 9.32. The Morgan fingerprint density at radius 1 is 1.35 bits per heavy atom. The van der Waals surface area contributed by atoms with E-state index < -0.39 is 12.2 Å². The van der Waals surface area contributed by atoms with Crippen LogP contribution in [-0.4, -0.2) is 29.8 Å². The van der Waals surface area contributed by atoms with E-state index in [9.17, 15) is 13.6 Å². The monoisotopic (exact) mass is 287 g/mol. The highest BCUT2D eigenvalue weighted by Gasteiger charge is 2.19. The number of nitrogens with one attached hydrogen (secondary N) is 1. The maximum Gasteiger partial charge on any atom is 0.387 e. The fourth-order valence-electron chi connectivity index (χ4n) is 1.74. The van der Waals surface area contributed by atoms with Gasteiger partial charge in [0.25, 0.3) is 0 Å². The molecule has 0 heterocycles. The van der Waals surface area contributed by atoms with E-state index in [1.807, 2.05) is 13.8 Å². The van der Waals surface area contributed by atoms with E-state index in [0.29, 0.717) is 12.0 Å². The third kappa shape index (κ3) is 5.97. The number of hydrogen-bond acceptors (Lipinski definition) is 3. The number of benzene rings is 1. The number of ether oxygens (including phenoxy) is 1. The van der Waals surface area contributed by atoms with Gasteiger partial charge in [0, 0.05) is 12.1 Å². The molecule has 20 heavy (non-hydrogen) atoms. The molecule has 1 aromatic carbocycles. The molecule has 0 bridgehead atoms. The number of carbonyl (C=O) groups is 1. The van der Waals surface area contributed by atoms with Gasteiger partial charge in [-0.2, -0.15) is 8.78 Å². The van der Waals surface area contributed by atoms with Crippen LogP contribution in [0.25, 0.3) is 0 Å². The van der Waals surface area contributed by atoms with Gasteiger partial charge in [0.2, 0.25) is 5.91 Å². The number of aliphatic hydroxyl groups excluding tert-OH is 1. The molecule has 0 aliphatic heterocycles. The maximum absolute atomic E-state index is 12.0. The highest BCUT2D eigenvalue weighted by Crippen LogP contribution is 2.15. The molecular formula is C14H19F2NO3. The van der Waals surface area contributed by atoms with Crippen LogP contribution in [-0.2, 0) is 11.2 Å². The fraction of sp³-hybridized carbons (Fsp3) is 0.500. The molecule has 6 heteroatoms. The lowest BCUT2D eigenvalue weighted by Crippen LogP contribution is -2.44. The SMILES string of the molecule is CC(C)(CCO)NC(=O)Cc1ccc(OC(F)F)cc1. The molecule has 1 rings (SSSR count). The van der Waals surface area contributed by atoms with Crippen molar-refractivity contribution in [2.24, 2.45) is 0 Å². The minimum absolute atomic E-state index is 0.00700. The largest absolute Gasteiger partial charge is 0.435 e. The summed E-state index contributed by atoms with van der Waals surface area (Å²) in [6, 6.07) is 5.92. The van der Waals surface area contributed by atoms with Gasteiger partial charge in [0.15, 0.2) is 0 Å². The van der Waals surface area contributed by atoms with Crippen LogP contribution in [0, 0.1) is 0 Å². The third-order valence-corrected chi connectivity index (χ3v) is 2.73. The molecule has 1 aromatic rings. The first-order valence-electron chi connectivity index (χ1n) is 6.28. The number of alkyl halides is 2. The number of aliphatic hydroxyl groups is 1. The average molecular weight is 287 g/mol. The van der Waals surface area contributed by atoms with Crippen molar-refractivity contribution < 1.29 is 23.4 Å². The summed E-state index contributed by atoms with van der Waals surface area (Å²) in [6.07, 6.45) is 0.601. The predicted octanol–water partition coefficient (Wildman–Crippen LogP) is 2.11. The van der Waals surface area contributed by atoms with Crippen molar-refractivity contribution >= 4 is 5.91 Å². The first-order valence-corrected chi connectivity index (χ1v) is 6.28. The minimum Gasteiger partial charge on any atom is -0.435 e. The summed E-state index contributed by atoms with van der Waals surface area (Å²) in [7, 11) is 0. The summed E-state index contributed by atoms with van der Waals surface area (Å²) in [6.45, 7) is 0.775. The highest BCUT2D eigenvalue weighted by molar-refractivity contribution is 5.79. The molecule has 0 aliphatic carbocycles. The second-order valence-electron chi connectivity index (χ2n) is 5.10. The summed E-state index contributed by atoms with van der Waals surface area (Å²) in [5, 5.41) is 11.7. The van der Waals surface area contributed by atoms with Gasteiger partial charge >= 0.3 is 6.61 Å². The topological polar surface area (TPSA) is 58.6 Å². The van der Waals surface area contributed by atoms with Crippen molar-refractivity contribution in [3.8, 4) is 5.75 Å². The predicted molar refractivity (Wildman–Crippen MR) is 70.7 cm³/mol. The van der Waals surface area contributed by atoms with Crippen molar-refractivity contribution in [3.05, 3.63) is 29.8 Å². The van der Waals surface area contributed by atoms with Gasteiger partial charge in [0.1, 0.15) is 5.75 Å². The number of carbonyl (C=O) groups excluding carboxylic acids is 1. The number of amides is 1. The average Bonchev–Trinajstić information content (AvgIpc) is 2.29. The summed E-state index contributed by atoms with van der Waals surface area (Å²) in [4.78, 5) is 11.8. The van der Waals surface area contributed by atoms with Crippen LogP contribution < -0.4 is 10.1 Å². The van der Waals surface area contributed by atoms with Crippen LogP contribution >= 0.6 is 0 Å². The fourth-order valence-corrected chi connectivity index (χ4v) is 1.74. The minimum atomic E-state index is -2.86. The van der Waals surface area contributed by atoms with Crippen molar-refractivity contribution in [1.29, 1.82) is 0 Å². The Labute approximate surface area is 116 Å². The van der Waals surface area contributed by atoms with Crippen LogP contribution in [0.3, 0.4) is 0 Å². The molecule has 4 nitrogen and oxygen atoms in total. The molecule has 112 valence electrons. The lowest BCUT2D eigenvalue weighted by molar-refractivity contribution is -0.122. The zero-order valence-electron chi connectivity index (χ0n) is 11.5. The Hall–Kier alpha value is -1.69. The van der Waals surface area contributed by atoms with Gasteiger partial charge in [-0.1, -0.05) is 12.1 Å². The number of halogens is 2. The molecular weight excluding hydrogens is 268 g/mol. The summed E-state index contributed by atoms with van der Waals surface area (Å²) >= 11 is 0. The van der Waals surface area contributed by atoms with Gasteiger partial charge in [-0.3, -0.25) is 4.79 Å². The van der Waals surface area contributed by atoms with Gasteiger partial charge < -0.3 is 15.2 Å². The Morgan fingerprint density at radius 2 is 1.95 bits per heavy atom. The highest BCUT2D eigenvalue weighted by atomic mass is 19.3. The van der Waals surface area contributed by atoms with Crippen LogP contribution in [0.15, 0.2) is 24.3 Å². The molecule has 0 aromatic heterocycles. The maximum atomic E-state index is 12.0. The molecule has 0 aliphatic rings. The van der Waals surface area contributed by atoms with Crippen LogP contribution in [0.4, 0.5) is 8.78 Å². The Bertz CT molecular complexity index is 433. The Balaban J connectivity index is 2.54. The number of rotatable bonds is 7. The smallest absolute Gasteiger partial charge is 0.387 e. The standard InChI is InChI=1S/C14H19F2NO3/c1-14(2,7-8-18)17-12(19)9-10-3-5-11(6-4-10)20-13(15)16/h3-6,13,18H,7-9H2,1-2H3,(H,17,19). The molecule has 0 unspecified atom stereocenters. The molecule has 2 N–H and O–H groups in total. The second kappa shape index (κ2) is 7.19. The van der Waals surface area contributed by atoms with Gasteiger partial charge in [-0.05, 0) is 38.0 Å². The second-order valence-corrected chi connectivity index (χ2v) is 5.10. The van der Waals surface area contributed by atoms with Crippen molar-refractivity contribution in [2.75, 3.05) is 6.61 Å². The van der Waals surface area contributed by atoms with Crippen LogP contribution in [0.5, 0.6) is 5.75 Å². The molecule has 0 atom stereocenters. The summed E-state index contributed by atoms with van der Waals surface area (Å²) in [5.41, 5.74) is 0.216. The molecule has 0 saturated carbocycles. The molecule has 0 radical (unpaired) electrons. The zero-order valence-corrected chi connectivity index (χ0v) is 11.5. The van der Waals surface area contributed by atoms with E-state index in [0.717, 1.165) is 0 Å². The van der Waals surface area contributed by atoms with E-state index in [4.69, 9.17) is 5.11 Å². The summed E-state index contributed by atoms with van der Waals surface area (Å²) < 4.78 is 28.2. The third-order valence-electron chi connectivity index (χ3n) is 2.73. The van der Waals surface area contributed by atoms with Gasteiger partial charge in [-0.25, -0.2) is 0 Å². The molecule has 0 fully saturated rings. The van der Waals surface area contributed by atoms with E-state index >= 15 is 0 Å². The lowest BCUT2D eigenvalue weighted by atomic mass is 10.0. The van der Waals surface area contributed by atoms with Crippen LogP contribution in [0.2, 0.25) is 0 Å². The van der Waals surface area contributed by atoms with Crippen molar-refractivity contribution in [1.82, 2.24) is 5.32 Å². The van der Waals surface area contributed by atoms with E-state index in [1.165, 1.54) is 12.1 Å². The molecule has 1 amide bonds.